The Labute approximate surface area is 195 Å². The molecular formula is C23H24N4O5S. The SMILES string of the molecule is O=C(CSc1nnc(-c2ccc3c(c2)OCO3)o1)NCC1CN(Cc2ccccc2)CCO1. The lowest BCUT2D eigenvalue weighted by atomic mass is 10.2. The fourth-order valence-electron chi connectivity index (χ4n) is 3.71. The molecule has 1 aromatic heterocycles. The molecule has 0 aliphatic carbocycles. The average molecular weight is 469 g/mol. The van der Waals surface area contributed by atoms with Crippen LogP contribution in [-0.2, 0) is 16.1 Å². The molecule has 0 radical (unpaired) electrons. The number of morpholine rings is 1. The number of amides is 1. The number of nitrogens with zero attached hydrogens (tertiary/aromatic N) is 3. The second kappa shape index (κ2) is 10.2. The number of carbonyl (C=O) groups is 1. The summed E-state index contributed by atoms with van der Waals surface area (Å²) in [5, 5.41) is 11.4. The maximum atomic E-state index is 12.3. The van der Waals surface area contributed by atoms with Crippen LogP contribution in [0.15, 0.2) is 58.2 Å². The minimum atomic E-state index is -0.105. The minimum Gasteiger partial charge on any atom is -0.454 e. The zero-order valence-electron chi connectivity index (χ0n) is 17.9. The molecule has 5 rings (SSSR count). The van der Waals surface area contributed by atoms with Crippen molar-refractivity contribution in [1.82, 2.24) is 20.4 Å². The molecule has 0 saturated carbocycles. The predicted octanol–water partition coefficient (Wildman–Crippen LogP) is 2.57. The first-order valence-corrected chi connectivity index (χ1v) is 11.7. The van der Waals surface area contributed by atoms with E-state index >= 15 is 0 Å². The molecule has 1 amide bonds. The highest BCUT2D eigenvalue weighted by molar-refractivity contribution is 7.99. The third-order valence-corrected chi connectivity index (χ3v) is 6.17. The topological polar surface area (TPSA) is 99.0 Å². The van der Waals surface area contributed by atoms with E-state index in [2.05, 4.69) is 32.5 Å². The largest absolute Gasteiger partial charge is 0.454 e. The summed E-state index contributed by atoms with van der Waals surface area (Å²) in [6.07, 6.45) is -0.0302. The van der Waals surface area contributed by atoms with Gasteiger partial charge in [-0.2, -0.15) is 0 Å². The summed E-state index contributed by atoms with van der Waals surface area (Å²) < 4.78 is 22.2. The van der Waals surface area contributed by atoms with Crippen molar-refractivity contribution in [3.05, 3.63) is 54.1 Å². The van der Waals surface area contributed by atoms with Gasteiger partial charge in [0.05, 0.1) is 18.5 Å². The van der Waals surface area contributed by atoms with Crippen molar-refractivity contribution < 1.29 is 23.4 Å². The lowest BCUT2D eigenvalue weighted by Gasteiger charge is -2.33. The van der Waals surface area contributed by atoms with Crippen molar-refractivity contribution in [1.29, 1.82) is 0 Å². The molecule has 2 aliphatic rings. The first-order valence-electron chi connectivity index (χ1n) is 10.7. The summed E-state index contributed by atoms with van der Waals surface area (Å²) in [6, 6.07) is 15.8. The van der Waals surface area contributed by atoms with Crippen molar-refractivity contribution in [3.63, 3.8) is 0 Å². The van der Waals surface area contributed by atoms with E-state index in [0.29, 0.717) is 35.8 Å². The molecule has 1 fully saturated rings. The van der Waals surface area contributed by atoms with Crippen LogP contribution in [0.25, 0.3) is 11.5 Å². The smallest absolute Gasteiger partial charge is 0.277 e. The lowest BCUT2D eigenvalue weighted by molar-refractivity contribution is -0.119. The average Bonchev–Trinajstić information content (AvgIpc) is 3.51. The molecule has 2 aromatic carbocycles. The number of hydrogen-bond donors (Lipinski definition) is 1. The monoisotopic (exact) mass is 468 g/mol. The van der Waals surface area contributed by atoms with Crippen LogP contribution < -0.4 is 14.8 Å². The molecule has 2 aliphatic heterocycles. The Morgan fingerprint density at radius 2 is 2.00 bits per heavy atom. The number of ether oxygens (including phenoxy) is 3. The zero-order chi connectivity index (χ0) is 22.5. The molecular weight excluding hydrogens is 444 g/mol. The van der Waals surface area contributed by atoms with Crippen molar-refractivity contribution >= 4 is 17.7 Å². The van der Waals surface area contributed by atoms with Crippen LogP contribution in [0.2, 0.25) is 0 Å². The normalized spacial score (nSPS) is 17.8. The van der Waals surface area contributed by atoms with Gasteiger partial charge in [0.25, 0.3) is 5.22 Å². The Hall–Kier alpha value is -3.08. The van der Waals surface area contributed by atoms with E-state index in [4.69, 9.17) is 18.6 Å². The van der Waals surface area contributed by atoms with E-state index in [1.165, 1.54) is 17.3 Å². The second-order valence-corrected chi connectivity index (χ2v) is 8.67. The summed E-state index contributed by atoms with van der Waals surface area (Å²) >= 11 is 1.20. The molecule has 3 aromatic rings. The van der Waals surface area contributed by atoms with Gasteiger partial charge >= 0.3 is 0 Å². The molecule has 3 heterocycles. The number of benzene rings is 2. The quantitative estimate of drug-likeness (QED) is 0.500. The van der Waals surface area contributed by atoms with Gasteiger partial charge in [0.1, 0.15) is 0 Å². The Morgan fingerprint density at radius 3 is 2.91 bits per heavy atom. The molecule has 1 saturated heterocycles. The molecule has 1 unspecified atom stereocenters. The summed E-state index contributed by atoms with van der Waals surface area (Å²) in [4.78, 5) is 14.7. The molecule has 172 valence electrons. The fraction of sp³-hybridized carbons (Fsp3) is 0.348. The van der Waals surface area contributed by atoms with Gasteiger partial charge in [0.2, 0.25) is 18.6 Å². The molecule has 0 bridgehead atoms. The summed E-state index contributed by atoms with van der Waals surface area (Å²) in [5.74, 6) is 1.78. The van der Waals surface area contributed by atoms with Gasteiger partial charge in [-0.3, -0.25) is 9.69 Å². The third kappa shape index (κ3) is 5.65. The van der Waals surface area contributed by atoms with Crippen LogP contribution in [-0.4, -0.2) is 65.9 Å². The summed E-state index contributed by atoms with van der Waals surface area (Å²) in [7, 11) is 0. The number of carbonyl (C=O) groups excluding carboxylic acids is 1. The van der Waals surface area contributed by atoms with Crippen molar-refractivity contribution in [3.8, 4) is 23.0 Å². The Kier molecular flexibility index (Phi) is 6.75. The van der Waals surface area contributed by atoms with E-state index in [1.54, 1.807) is 12.1 Å². The highest BCUT2D eigenvalue weighted by Crippen LogP contribution is 2.36. The highest BCUT2D eigenvalue weighted by Gasteiger charge is 2.21. The number of aromatic nitrogens is 2. The Bertz CT molecular complexity index is 1090. The van der Waals surface area contributed by atoms with Crippen LogP contribution in [0.5, 0.6) is 11.5 Å². The molecule has 1 atom stereocenters. The minimum absolute atomic E-state index is 0.0302. The summed E-state index contributed by atoms with van der Waals surface area (Å²) in [6.45, 7) is 3.88. The van der Waals surface area contributed by atoms with Gasteiger partial charge in [0, 0.05) is 31.7 Å². The van der Waals surface area contributed by atoms with Crippen molar-refractivity contribution in [2.24, 2.45) is 0 Å². The standard InChI is InChI=1S/C23H24N4O5S/c28-21(24-11-18-13-27(8-9-29-18)12-16-4-2-1-3-5-16)14-33-23-26-25-22(32-23)17-6-7-19-20(10-17)31-15-30-19/h1-7,10,18H,8-9,11-15H2,(H,24,28). The predicted molar refractivity (Wildman–Crippen MR) is 121 cm³/mol. The van der Waals surface area contributed by atoms with Crippen LogP contribution in [0.4, 0.5) is 0 Å². The van der Waals surface area contributed by atoms with E-state index in [0.717, 1.165) is 25.2 Å². The highest BCUT2D eigenvalue weighted by atomic mass is 32.2. The fourth-order valence-corrected chi connectivity index (χ4v) is 4.30. The number of hydrogen-bond acceptors (Lipinski definition) is 9. The molecule has 9 nitrogen and oxygen atoms in total. The van der Waals surface area contributed by atoms with Crippen molar-refractivity contribution in [2.45, 2.75) is 17.9 Å². The number of fused-ring (bicyclic) bond motifs is 1. The van der Waals surface area contributed by atoms with Crippen molar-refractivity contribution in [2.75, 3.05) is 38.8 Å². The molecule has 10 heteroatoms. The van der Waals surface area contributed by atoms with E-state index < -0.39 is 0 Å². The molecule has 0 spiro atoms. The van der Waals surface area contributed by atoms with Gasteiger partial charge in [0.15, 0.2) is 11.5 Å². The van der Waals surface area contributed by atoms with Gasteiger partial charge < -0.3 is 23.9 Å². The van der Waals surface area contributed by atoms with Crippen LogP contribution in [0.1, 0.15) is 5.56 Å². The van der Waals surface area contributed by atoms with E-state index in [-0.39, 0.29) is 24.6 Å². The third-order valence-electron chi connectivity index (χ3n) is 5.35. The second-order valence-electron chi connectivity index (χ2n) is 7.75. The molecule has 33 heavy (non-hydrogen) atoms. The van der Waals surface area contributed by atoms with Crippen LogP contribution >= 0.6 is 11.8 Å². The van der Waals surface area contributed by atoms with Gasteiger partial charge in [-0.15, -0.1) is 10.2 Å². The number of rotatable bonds is 8. The van der Waals surface area contributed by atoms with Crippen LogP contribution in [0.3, 0.4) is 0 Å². The maximum absolute atomic E-state index is 12.3. The van der Waals surface area contributed by atoms with Gasteiger partial charge in [-0.25, -0.2) is 0 Å². The van der Waals surface area contributed by atoms with Gasteiger partial charge in [-0.1, -0.05) is 42.1 Å². The number of thioether (sulfide) groups is 1. The zero-order valence-corrected chi connectivity index (χ0v) is 18.8. The summed E-state index contributed by atoms with van der Waals surface area (Å²) in [5.41, 5.74) is 2.01. The van der Waals surface area contributed by atoms with E-state index in [9.17, 15) is 4.79 Å². The van der Waals surface area contributed by atoms with Gasteiger partial charge in [-0.05, 0) is 23.8 Å². The number of nitrogens with one attached hydrogen (secondary N) is 1. The first kappa shape index (κ1) is 21.7. The van der Waals surface area contributed by atoms with E-state index in [1.807, 2.05) is 24.3 Å². The first-order chi connectivity index (χ1) is 16.2. The van der Waals surface area contributed by atoms with Crippen LogP contribution in [0, 0.1) is 0 Å². The molecule has 1 N–H and O–H groups in total. The maximum Gasteiger partial charge on any atom is 0.277 e. The lowest BCUT2D eigenvalue weighted by Crippen LogP contribution is -2.47. The Balaban J connectivity index is 1.06. The Morgan fingerprint density at radius 1 is 1.12 bits per heavy atom.